The van der Waals surface area contributed by atoms with Gasteiger partial charge in [-0.3, -0.25) is 0 Å². The van der Waals surface area contributed by atoms with Crippen molar-refractivity contribution in [3.63, 3.8) is 0 Å². The van der Waals surface area contributed by atoms with Crippen LogP contribution in [0.2, 0.25) is 0 Å². The lowest BCUT2D eigenvalue weighted by Crippen LogP contribution is -2.30. The highest BCUT2D eigenvalue weighted by Crippen LogP contribution is 2.39. The quantitative estimate of drug-likeness (QED) is 0.791. The predicted molar refractivity (Wildman–Crippen MR) is 77.3 cm³/mol. The number of nitrogens with zero attached hydrogens (tertiary/aromatic N) is 1. The van der Waals surface area contributed by atoms with E-state index >= 15 is 0 Å². The van der Waals surface area contributed by atoms with Crippen LogP contribution >= 0.6 is 0 Å². The molecule has 1 atom stereocenters. The minimum atomic E-state index is -0.313. The van der Waals surface area contributed by atoms with Crippen LogP contribution in [0, 0.1) is 0 Å². The lowest BCUT2D eigenvalue weighted by molar-refractivity contribution is 0.00188. The van der Waals surface area contributed by atoms with Crippen molar-refractivity contribution in [2.45, 2.75) is 25.4 Å². The van der Waals surface area contributed by atoms with Crippen molar-refractivity contribution < 1.29 is 4.84 Å². The van der Waals surface area contributed by atoms with Crippen molar-refractivity contribution in [1.82, 2.24) is 0 Å². The number of rotatable bonds is 2. The molecule has 1 unspecified atom stereocenters. The number of oxime groups is 1. The van der Waals surface area contributed by atoms with Gasteiger partial charge in [0.2, 0.25) is 0 Å². The Hall–Kier alpha value is -2.09. The van der Waals surface area contributed by atoms with Gasteiger partial charge in [0.15, 0.2) is 0 Å². The van der Waals surface area contributed by atoms with Crippen molar-refractivity contribution >= 4 is 5.71 Å². The predicted octanol–water partition coefficient (Wildman–Crippen LogP) is 3.98. The number of hydrogen-bond acceptors (Lipinski definition) is 2. The minimum absolute atomic E-state index is 0.163. The first-order chi connectivity index (χ1) is 9.18. The maximum atomic E-state index is 5.66. The molecule has 96 valence electrons. The molecule has 2 nitrogen and oxygen atoms in total. The van der Waals surface area contributed by atoms with E-state index in [1.54, 1.807) is 0 Å². The Morgan fingerprint density at radius 1 is 0.895 bits per heavy atom. The molecule has 1 heterocycles. The van der Waals surface area contributed by atoms with E-state index in [4.69, 9.17) is 4.84 Å². The molecule has 1 aliphatic heterocycles. The summed E-state index contributed by atoms with van der Waals surface area (Å²) in [4.78, 5) is 5.66. The van der Waals surface area contributed by atoms with Crippen molar-refractivity contribution in [3.05, 3.63) is 71.8 Å². The molecule has 19 heavy (non-hydrogen) atoms. The summed E-state index contributed by atoms with van der Waals surface area (Å²) in [5.74, 6) is 0.163. The smallest absolute Gasteiger partial charge is 0.144 e. The Morgan fingerprint density at radius 3 is 2.11 bits per heavy atom. The molecule has 0 N–H and O–H groups in total. The molecule has 0 aromatic heterocycles. The molecule has 0 radical (unpaired) electrons. The highest BCUT2D eigenvalue weighted by molar-refractivity contribution is 6.06. The van der Waals surface area contributed by atoms with Gasteiger partial charge in [0.05, 0.1) is 11.6 Å². The van der Waals surface area contributed by atoms with E-state index in [0.29, 0.717) is 0 Å². The van der Waals surface area contributed by atoms with Gasteiger partial charge in [0.1, 0.15) is 5.60 Å². The second kappa shape index (κ2) is 4.54. The van der Waals surface area contributed by atoms with Crippen molar-refractivity contribution in [3.8, 4) is 0 Å². The van der Waals surface area contributed by atoms with Gasteiger partial charge in [-0.25, -0.2) is 0 Å². The second-order valence-corrected chi connectivity index (χ2v) is 5.38. The average Bonchev–Trinajstić information content (AvgIpc) is 2.76. The van der Waals surface area contributed by atoms with Gasteiger partial charge in [0, 0.05) is 5.56 Å². The van der Waals surface area contributed by atoms with Crippen LogP contribution in [0.15, 0.2) is 65.8 Å². The van der Waals surface area contributed by atoms with Gasteiger partial charge >= 0.3 is 0 Å². The Bertz CT molecular complexity index is 587. The van der Waals surface area contributed by atoms with E-state index in [2.05, 4.69) is 55.4 Å². The molecule has 2 aromatic rings. The number of benzene rings is 2. The number of hydrogen-bond donors (Lipinski definition) is 0. The first kappa shape index (κ1) is 12.0. The molecule has 2 heteroatoms. The van der Waals surface area contributed by atoms with Crippen LogP contribution < -0.4 is 0 Å². The van der Waals surface area contributed by atoms with E-state index in [1.807, 2.05) is 24.3 Å². The minimum Gasteiger partial charge on any atom is -0.388 e. The van der Waals surface area contributed by atoms with Crippen LogP contribution in [-0.4, -0.2) is 11.3 Å². The third-order valence-electron chi connectivity index (χ3n) is 3.55. The Kier molecular flexibility index (Phi) is 2.86. The zero-order valence-corrected chi connectivity index (χ0v) is 11.2. The molecule has 2 aromatic carbocycles. The van der Waals surface area contributed by atoms with Gasteiger partial charge < -0.3 is 4.84 Å². The SMILES string of the molecule is CC1(C)ON=C(c2ccccc2)C1c1ccccc1. The normalized spacial score (nSPS) is 20.7. The van der Waals surface area contributed by atoms with Crippen molar-refractivity contribution in [2.24, 2.45) is 5.16 Å². The maximum absolute atomic E-state index is 5.66. The summed E-state index contributed by atoms with van der Waals surface area (Å²) < 4.78 is 0. The second-order valence-electron chi connectivity index (χ2n) is 5.38. The third-order valence-corrected chi connectivity index (χ3v) is 3.55. The Labute approximate surface area is 113 Å². The maximum Gasteiger partial charge on any atom is 0.144 e. The fraction of sp³-hybridized carbons (Fsp3) is 0.235. The monoisotopic (exact) mass is 251 g/mol. The first-order valence-corrected chi connectivity index (χ1v) is 6.55. The molecule has 0 spiro atoms. The molecular formula is C17H17NO. The van der Waals surface area contributed by atoms with Crippen molar-refractivity contribution in [2.75, 3.05) is 0 Å². The lowest BCUT2D eigenvalue weighted by atomic mass is 9.79. The van der Waals surface area contributed by atoms with E-state index in [9.17, 15) is 0 Å². The summed E-state index contributed by atoms with van der Waals surface area (Å²) in [5, 5.41) is 4.33. The van der Waals surface area contributed by atoms with Crippen molar-refractivity contribution in [1.29, 1.82) is 0 Å². The molecule has 3 rings (SSSR count). The molecular weight excluding hydrogens is 234 g/mol. The van der Waals surface area contributed by atoms with E-state index in [0.717, 1.165) is 11.3 Å². The molecule has 0 saturated carbocycles. The molecule has 0 fully saturated rings. The largest absolute Gasteiger partial charge is 0.388 e. The summed E-state index contributed by atoms with van der Waals surface area (Å²) in [6.07, 6.45) is 0. The standard InChI is InChI=1S/C17H17NO/c1-17(2)15(13-9-5-3-6-10-13)16(18-19-17)14-11-7-4-8-12-14/h3-12,15H,1-2H3. The molecule has 0 amide bonds. The zero-order valence-electron chi connectivity index (χ0n) is 11.2. The zero-order chi connectivity index (χ0) is 13.3. The lowest BCUT2D eigenvalue weighted by Gasteiger charge is -2.25. The van der Waals surface area contributed by atoms with Crippen LogP contribution in [-0.2, 0) is 4.84 Å². The van der Waals surface area contributed by atoms with Crippen LogP contribution in [0.5, 0.6) is 0 Å². The van der Waals surface area contributed by atoms with Crippen LogP contribution in [0.4, 0.5) is 0 Å². The third kappa shape index (κ3) is 2.14. The average molecular weight is 251 g/mol. The van der Waals surface area contributed by atoms with E-state index in [1.165, 1.54) is 5.56 Å². The van der Waals surface area contributed by atoms with Gasteiger partial charge in [0.25, 0.3) is 0 Å². The summed E-state index contributed by atoms with van der Waals surface area (Å²) in [6.45, 7) is 4.17. The Balaban J connectivity index is 2.06. The van der Waals surface area contributed by atoms with Gasteiger partial charge in [-0.15, -0.1) is 0 Å². The molecule has 1 aliphatic rings. The van der Waals surface area contributed by atoms with Gasteiger partial charge in [-0.1, -0.05) is 65.8 Å². The fourth-order valence-electron chi connectivity index (χ4n) is 2.63. The molecule has 0 saturated heterocycles. The van der Waals surface area contributed by atoms with E-state index in [-0.39, 0.29) is 11.5 Å². The molecule has 0 aliphatic carbocycles. The summed E-state index contributed by atoms with van der Waals surface area (Å²) >= 11 is 0. The summed E-state index contributed by atoms with van der Waals surface area (Å²) in [7, 11) is 0. The topological polar surface area (TPSA) is 21.6 Å². The van der Waals surface area contributed by atoms with Crippen LogP contribution in [0.3, 0.4) is 0 Å². The first-order valence-electron chi connectivity index (χ1n) is 6.55. The summed E-state index contributed by atoms with van der Waals surface area (Å²) in [5.41, 5.74) is 3.07. The van der Waals surface area contributed by atoms with Gasteiger partial charge in [-0.2, -0.15) is 0 Å². The highest BCUT2D eigenvalue weighted by atomic mass is 16.7. The molecule has 0 bridgehead atoms. The van der Waals surface area contributed by atoms with Crippen LogP contribution in [0.1, 0.15) is 30.9 Å². The van der Waals surface area contributed by atoms with Crippen LogP contribution in [0.25, 0.3) is 0 Å². The summed E-state index contributed by atoms with van der Waals surface area (Å²) in [6, 6.07) is 20.7. The van der Waals surface area contributed by atoms with Gasteiger partial charge in [-0.05, 0) is 19.4 Å². The fourth-order valence-corrected chi connectivity index (χ4v) is 2.63. The highest BCUT2D eigenvalue weighted by Gasteiger charge is 2.42. The Morgan fingerprint density at radius 2 is 1.47 bits per heavy atom. The van der Waals surface area contributed by atoms with E-state index < -0.39 is 0 Å².